The molecule has 4 aromatic carbocycles. The van der Waals surface area contributed by atoms with Crippen LogP contribution in [0.1, 0.15) is 22.3 Å². The maximum Gasteiger partial charge on any atom is 0.417 e. The molecule has 1 aliphatic heterocycles. The van der Waals surface area contributed by atoms with E-state index in [1.807, 2.05) is 24.3 Å². The molecule has 0 saturated carbocycles. The van der Waals surface area contributed by atoms with E-state index < -0.39 is 70.5 Å². The fraction of sp³-hybridized carbons (Fsp3) is 0.225. The predicted octanol–water partition coefficient (Wildman–Crippen LogP) is 2.36. The molecule has 15 nitrogen and oxygen atoms in total. The molecule has 4 atom stereocenters. The molecule has 2 heterocycles. The van der Waals surface area contributed by atoms with Gasteiger partial charge in [-0.2, -0.15) is 4.72 Å². The molecule has 0 aliphatic carbocycles. The number of H-pyrrole nitrogens is 1. The number of hydrogen-bond acceptors (Lipinski definition) is 9. The van der Waals surface area contributed by atoms with Crippen LogP contribution >= 0.6 is 0 Å². The van der Waals surface area contributed by atoms with Crippen LogP contribution in [0.3, 0.4) is 0 Å². The topological polar surface area (TPSA) is 230 Å². The summed E-state index contributed by atoms with van der Waals surface area (Å²) >= 11 is 0. The monoisotopic (exact) mass is 780 g/mol. The first-order valence-electron chi connectivity index (χ1n) is 17.6. The van der Waals surface area contributed by atoms with Crippen molar-refractivity contribution in [2.45, 2.75) is 55.2 Å². The van der Waals surface area contributed by atoms with Crippen LogP contribution in [0.4, 0.5) is 4.79 Å². The summed E-state index contributed by atoms with van der Waals surface area (Å²) in [5.74, 6) is -3.68. The van der Waals surface area contributed by atoms with Crippen molar-refractivity contribution >= 4 is 50.6 Å². The van der Waals surface area contributed by atoms with Gasteiger partial charge in [0.05, 0.1) is 4.90 Å². The van der Waals surface area contributed by atoms with Gasteiger partial charge in [-0.05, 0) is 60.4 Å². The molecule has 5 aromatic rings. The van der Waals surface area contributed by atoms with Gasteiger partial charge in [0.15, 0.2) is 6.04 Å². The number of fused-ring (bicyclic) bond motifs is 1. The first-order valence-corrected chi connectivity index (χ1v) is 19.1. The molecule has 0 radical (unpaired) electrons. The number of primary amides is 1. The first kappa shape index (κ1) is 39.2. The van der Waals surface area contributed by atoms with Crippen LogP contribution in [0.5, 0.6) is 5.75 Å². The summed E-state index contributed by atoms with van der Waals surface area (Å²) in [5.41, 5.74) is 9.05. The molecule has 1 unspecified atom stereocenters. The Morgan fingerprint density at radius 1 is 0.839 bits per heavy atom. The number of para-hydroxylation sites is 1. The van der Waals surface area contributed by atoms with E-state index in [2.05, 4.69) is 20.3 Å². The van der Waals surface area contributed by atoms with Crippen molar-refractivity contribution < 1.29 is 42.2 Å². The number of amides is 5. The van der Waals surface area contributed by atoms with Crippen molar-refractivity contribution in [3.63, 3.8) is 0 Å². The molecular weight excluding hydrogens is 741 g/mol. The average Bonchev–Trinajstić information content (AvgIpc) is 3.78. The van der Waals surface area contributed by atoms with Crippen molar-refractivity contribution in [1.82, 2.24) is 25.2 Å². The van der Waals surface area contributed by atoms with Gasteiger partial charge in [0.2, 0.25) is 27.7 Å². The highest BCUT2D eigenvalue weighted by Gasteiger charge is 2.46. The van der Waals surface area contributed by atoms with Gasteiger partial charge in [0.1, 0.15) is 30.5 Å². The smallest absolute Gasteiger partial charge is 0.417 e. The molecular formula is C40H40N6O9S. The lowest BCUT2D eigenvalue weighted by molar-refractivity contribution is -0.138. The number of carbonyl (C=O) groups is 5. The number of aromatic nitrogens is 1. The van der Waals surface area contributed by atoms with Gasteiger partial charge < -0.3 is 31.2 Å². The van der Waals surface area contributed by atoms with E-state index in [0.29, 0.717) is 16.0 Å². The molecule has 16 heteroatoms. The van der Waals surface area contributed by atoms with E-state index in [1.54, 1.807) is 55.6 Å². The number of phenols is 1. The molecule has 7 N–H and O–H groups in total. The van der Waals surface area contributed by atoms with Gasteiger partial charge in [-0.25, -0.2) is 18.1 Å². The zero-order valence-corrected chi connectivity index (χ0v) is 31.0. The van der Waals surface area contributed by atoms with E-state index in [0.717, 1.165) is 22.0 Å². The third-order valence-electron chi connectivity index (χ3n) is 9.39. The van der Waals surface area contributed by atoms with E-state index in [-0.39, 0.29) is 29.9 Å². The van der Waals surface area contributed by atoms with Crippen molar-refractivity contribution in [3.8, 4) is 5.75 Å². The Morgan fingerprint density at radius 2 is 1.48 bits per heavy atom. The number of hydrogen-bond donors (Lipinski definition) is 6. The second kappa shape index (κ2) is 16.9. The molecule has 290 valence electrons. The second-order valence-electron chi connectivity index (χ2n) is 13.4. The van der Waals surface area contributed by atoms with Crippen LogP contribution in [0, 0.1) is 6.92 Å². The largest absolute Gasteiger partial charge is 0.508 e. The Labute approximate surface area is 322 Å². The number of nitrogens with two attached hydrogens (primary N) is 1. The van der Waals surface area contributed by atoms with E-state index in [9.17, 15) is 37.5 Å². The SMILES string of the molecule is Cc1ccc(S(=O)(=O)N[C@@H](Cc2ccc(O)cc2)C(=O)N2C(=O)OCC2C(=O)N[C@@H](Cc2c[nH]c3ccccc23)C(=O)N[C@@H](Cc2ccccc2)C(N)=O)cc1. The Morgan fingerprint density at radius 3 is 2.18 bits per heavy atom. The zero-order chi connectivity index (χ0) is 40.0. The van der Waals surface area contributed by atoms with E-state index in [4.69, 9.17) is 10.5 Å². The van der Waals surface area contributed by atoms with Crippen LogP contribution in [-0.2, 0) is 53.2 Å². The summed E-state index contributed by atoms with van der Waals surface area (Å²) in [4.78, 5) is 71.5. The lowest BCUT2D eigenvalue weighted by Gasteiger charge is -2.27. The number of ether oxygens (including phenoxy) is 1. The quantitative estimate of drug-likeness (QED) is 0.0915. The first-order chi connectivity index (χ1) is 26.8. The van der Waals surface area contributed by atoms with Gasteiger partial charge in [0.25, 0.3) is 5.91 Å². The number of cyclic esters (lactones) is 1. The minimum Gasteiger partial charge on any atom is -0.508 e. The number of nitrogens with one attached hydrogen (secondary N) is 4. The standard InChI is InChI=1S/C40H40N6O9S/c1-24-11-17-29(18-12-24)56(53,54)45-34(20-26-13-15-28(47)16-14-26)39(51)46-35(23-55-40(46)52)38(50)44-33(21-27-22-42-31-10-6-5-9-30(27)31)37(49)43-32(36(41)48)19-25-7-3-2-4-8-25/h2-18,22,32-35,42,45,47H,19-21,23H2,1H3,(H2,41,48)(H,43,49)(H,44,50)/t32-,33-,34-,35?/m0/s1. The van der Waals surface area contributed by atoms with Gasteiger partial charge in [-0.3, -0.25) is 19.2 Å². The van der Waals surface area contributed by atoms with Crippen LogP contribution in [-0.4, -0.2) is 83.9 Å². The van der Waals surface area contributed by atoms with Crippen molar-refractivity contribution in [3.05, 3.63) is 132 Å². The number of aromatic amines is 1. The number of imide groups is 1. The Balaban J connectivity index is 1.28. The summed E-state index contributed by atoms with van der Waals surface area (Å²) in [7, 11) is -4.35. The number of carbonyl (C=O) groups excluding carboxylic acids is 5. The number of sulfonamides is 1. The highest BCUT2D eigenvalue weighted by atomic mass is 32.2. The molecule has 6 rings (SSSR count). The van der Waals surface area contributed by atoms with E-state index >= 15 is 0 Å². The molecule has 0 spiro atoms. The maximum absolute atomic E-state index is 14.3. The van der Waals surface area contributed by atoms with Crippen molar-refractivity contribution in [2.75, 3.05) is 6.61 Å². The summed E-state index contributed by atoms with van der Waals surface area (Å²) < 4.78 is 34.6. The van der Waals surface area contributed by atoms with Crippen LogP contribution in [0.15, 0.2) is 114 Å². The Hall–Kier alpha value is -6.52. The molecule has 1 aliphatic rings. The number of nitrogens with zero attached hydrogens (tertiary/aromatic N) is 1. The molecule has 1 saturated heterocycles. The number of aryl methyl sites for hydroxylation is 1. The highest BCUT2D eigenvalue weighted by molar-refractivity contribution is 7.89. The summed E-state index contributed by atoms with van der Waals surface area (Å²) in [6.45, 7) is 1.19. The van der Waals surface area contributed by atoms with Gasteiger partial charge in [0, 0.05) is 29.9 Å². The van der Waals surface area contributed by atoms with Crippen molar-refractivity contribution in [2.24, 2.45) is 5.73 Å². The fourth-order valence-electron chi connectivity index (χ4n) is 6.39. The molecule has 1 fully saturated rings. The third-order valence-corrected chi connectivity index (χ3v) is 10.9. The van der Waals surface area contributed by atoms with E-state index in [1.165, 1.54) is 36.4 Å². The summed E-state index contributed by atoms with van der Waals surface area (Å²) in [6, 6.07) is 22.0. The van der Waals surface area contributed by atoms with Gasteiger partial charge in [-0.15, -0.1) is 0 Å². The van der Waals surface area contributed by atoms with Crippen LogP contribution in [0.25, 0.3) is 10.9 Å². The fourth-order valence-corrected chi connectivity index (χ4v) is 7.58. The maximum atomic E-state index is 14.3. The summed E-state index contributed by atoms with van der Waals surface area (Å²) in [5, 5.41) is 15.9. The summed E-state index contributed by atoms with van der Waals surface area (Å²) in [6.07, 6.45) is 0.204. The predicted molar refractivity (Wildman–Crippen MR) is 204 cm³/mol. The zero-order valence-electron chi connectivity index (χ0n) is 30.2. The second-order valence-corrected chi connectivity index (χ2v) is 15.2. The number of benzene rings is 4. The molecule has 0 bridgehead atoms. The minimum atomic E-state index is -4.35. The highest BCUT2D eigenvalue weighted by Crippen LogP contribution is 2.22. The van der Waals surface area contributed by atoms with Crippen LogP contribution < -0.4 is 21.1 Å². The normalized spacial score (nSPS) is 15.8. The average molecular weight is 781 g/mol. The lowest BCUT2D eigenvalue weighted by atomic mass is 10.0. The lowest BCUT2D eigenvalue weighted by Crippen LogP contribution is -2.59. The van der Waals surface area contributed by atoms with Gasteiger partial charge in [-0.1, -0.05) is 78.4 Å². The number of aromatic hydroxyl groups is 1. The Kier molecular flexibility index (Phi) is 11.8. The van der Waals surface area contributed by atoms with Gasteiger partial charge >= 0.3 is 6.09 Å². The minimum absolute atomic E-state index is 0.0647. The number of phenolic OH excluding ortho intramolecular Hbond substituents is 1. The molecule has 5 amide bonds. The third kappa shape index (κ3) is 9.22. The molecule has 1 aromatic heterocycles. The Bertz CT molecular complexity index is 2350. The number of rotatable bonds is 15. The van der Waals surface area contributed by atoms with Crippen LogP contribution in [0.2, 0.25) is 0 Å². The molecule has 56 heavy (non-hydrogen) atoms. The van der Waals surface area contributed by atoms with Crippen molar-refractivity contribution in [1.29, 1.82) is 0 Å².